The van der Waals surface area contributed by atoms with Crippen LogP contribution in [0.4, 0.5) is 15.8 Å². The second kappa shape index (κ2) is 8.67. The van der Waals surface area contributed by atoms with Crippen LogP contribution in [0.15, 0.2) is 48.8 Å². The molecule has 1 saturated heterocycles. The summed E-state index contributed by atoms with van der Waals surface area (Å²) in [5.41, 5.74) is 2.27. The number of halogens is 1. The molecule has 2 aromatic carbocycles. The Bertz CT molecular complexity index is 1140. The maximum atomic E-state index is 13.7. The Morgan fingerprint density at radius 3 is 2.71 bits per heavy atom. The van der Waals surface area contributed by atoms with E-state index in [0.717, 1.165) is 16.6 Å². The molecule has 0 radical (unpaired) electrons. The van der Waals surface area contributed by atoms with Crippen molar-refractivity contribution >= 4 is 28.1 Å². The lowest BCUT2D eigenvalue weighted by Crippen LogP contribution is -2.40. The lowest BCUT2D eigenvalue weighted by molar-refractivity contribution is -0.383. The van der Waals surface area contributed by atoms with Gasteiger partial charge in [0.05, 0.1) is 10.3 Å². The highest BCUT2D eigenvalue weighted by Gasteiger charge is 2.26. The highest BCUT2D eigenvalue weighted by atomic mass is 19.1. The minimum atomic E-state index is -0.399. The van der Waals surface area contributed by atoms with Gasteiger partial charge in [0, 0.05) is 55.1 Å². The summed E-state index contributed by atoms with van der Waals surface area (Å²) in [6.45, 7) is 3.35. The van der Waals surface area contributed by atoms with Crippen LogP contribution in [0, 0.1) is 28.8 Å². The zero-order valence-electron chi connectivity index (χ0n) is 17.2. The van der Waals surface area contributed by atoms with Crippen molar-refractivity contribution in [3.8, 4) is 0 Å². The van der Waals surface area contributed by atoms with Crippen molar-refractivity contribution in [2.24, 2.45) is 5.92 Å². The number of aromatic nitrogens is 1. The van der Waals surface area contributed by atoms with Crippen LogP contribution < -0.4 is 10.2 Å². The molecule has 1 amide bonds. The summed E-state index contributed by atoms with van der Waals surface area (Å²) >= 11 is 0. The van der Waals surface area contributed by atoms with Crippen molar-refractivity contribution in [2.45, 2.75) is 26.3 Å². The SMILES string of the molecule is Cc1ccc(CNC(=O)C2CCN(c3ccc([N+](=O)[O-])c4cnccc34)CC2)cc1F. The molecule has 2 heterocycles. The highest BCUT2D eigenvalue weighted by molar-refractivity contribution is 5.99. The maximum absolute atomic E-state index is 13.7. The van der Waals surface area contributed by atoms with Gasteiger partial charge in [-0.25, -0.2) is 4.39 Å². The second-order valence-electron chi connectivity index (χ2n) is 7.84. The number of rotatable bonds is 5. The van der Waals surface area contributed by atoms with Crippen LogP contribution >= 0.6 is 0 Å². The van der Waals surface area contributed by atoms with Crippen molar-refractivity contribution in [2.75, 3.05) is 18.0 Å². The summed E-state index contributed by atoms with van der Waals surface area (Å²) < 4.78 is 13.7. The largest absolute Gasteiger partial charge is 0.371 e. The van der Waals surface area contributed by atoms with Gasteiger partial charge in [-0.15, -0.1) is 0 Å². The van der Waals surface area contributed by atoms with Gasteiger partial charge in [-0.3, -0.25) is 19.9 Å². The number of nitro benzene ring substituents is 1. The van der Waals surface area contributed by atoms with E-state index in [1.165, 1.54) is 18.3 Å². The van der Waals surface area contributed by atoms with Crippen LogP contribution in [-0.4, -0.2) is 28.9 Å². The van der Waals surface area contributed by atoms with E-state index in [-0.39, 0.29) is 23.3 Å². The monoisotopic (exact) mass is 422 g/mol. The van der Waals surface area contributed by atoms with Crippen molar-refractivity contribution in [3.05, 3.63) is 75.9 Å². The third-order valence-electron chi connectivity index (χ3n) is 5.88. The molecule has 1 N–H and O–H groups in total. The zero-order valence-corrected chi connectivity index (χ0v) is 17.2. The Labute approximate surface area is 179 Å². The fourth-order valence-corrected chi connectivity index (χ4v) is 4.06. The average Bonchev–Trinajstić information content (AvgIpc) is 2.79. The van der Waals surface area contributed by atoms with Crippen LogP contribution in [0.2, 0.25) is 0 Å². The standard InChI is InChI=1S/C23H23FN4O3/c1-15-2-3-16(12-20(15)24)13-26-23(29)17-7-10-27(11-8-17)21-4-5-22(28(30)31)19-14-25-9-6-18(19)21/h2-6,9,12,14,17H,7-8,10-11,13H2,1H3,(H,26,29). The number of carbonyl (C=O) groups is 1. The molecule has 3 aromatic rings. The van der Waals surface area contributed by atoms with Crippen LogP contribution in [0.25, 0.3) is 10.8 Å². The van der Waals surface area contributed by atoms with Crippen LogP contribution in [-0.2, 0) is 11.3 Å². The summed E-state index contributed by atoms with van der Waals surface area (Å²) in [5, 5.41) is 15.5. The number of hydrogen-bond acceptors (Lipinski definition) is 5. The molecule has 0 atom stereocenters. The van der Waals surface area contributed by atoms with Gasteiger partial charge in [0.15, 0.2) is 0 Å². The maximum Gasteiger partial charge on any atom is 0.278 e. The first-order valence-electron chi connectivity index (χ1n) is 10.2. The number of fused-ring (bicyclic) bond motifs is 1. The number of hydrogen-bond donors (Lipinski definition) is 1. The number of amides is 1. The molecule has 160 valence electrons. The van der Waals surface area contributed by atoms with Crippen LogP contribution in [0.3, 0.4) is 0 Å². The smallest absolute Gasteiger partial charge is 0.278 e. The molecule has 8 heteroatoms. The zero-order chi connectivity index (χ0) is 22.0. The number of nitrogens with one attached hydrogen (secondary N) is 1. The predicted octanol–water partition coefficient (Wildman–Crippen LogP) is 4.12. The average molecular weight is 422 g/mol. The van der Waals surface area contributed by atoms with E-state index in [9.17, 15) is 19.3 Å². The van der Waals surface area contributed by atoms with Crippen molar-refractivity contribution < 1.29 is 14.1 Å². The van der Waals surface area contributed by atoms with E-state index in [4.69, 9.17) is 0 Å². The van der Waals surface area contributed by atoms with Crippen molar-refractivity contribution in [1.29, 1.82) is 0 Å². The molecule has 1 aliphatic heterocycles. The molecule has 31 heavy (non-hydrogen) atoms. The topological polar surface area (TPSA) is 88.4 Å². The van der Waals surface area contributed by atoms with Gasteiger partial charge < -0.3 is 10.2 Å². The van der Waals surface area contributed by atoms with Crippen molar-refractivity contribution in [1.82, 2.24) is 10.3 Å². The number of non-ortho nitro benzene ring substituents is 1. The van der Waals surface area contributed by atoms with Gasteiger partial charge in [-0.2, -0.15) is 0 Å². The number of benzene rings is 2. The Hall–Kier alpha value is -3.55. The molecule has 1 aromatic heterocycles. The van der Waals surface area contributed by atoms with E-state index in [1.807, 2.05) is 6.07 Å². The summed E-state index contributed by atoms with van der Waals surface area (Å²) in [6, 6.07) is 10.0. The van der Waals surface area contributed by atoms with E-state index in [0.29, 0.717) is 43.4 Å². The van der Waals surface area contributed by atoms with Gasteiger partial charge in [-0.05, 0) is 49.1 Å². The molecule has 1 fully saturated rings. The molecule has 0 spiro atoms. The Morgan fingerprint density at radius 2 is 2.00 bits per heavy atom. The van der Waals surface area contributed by atoms with Crippen molar-refractivity contribution in [3.63, 3.8) is 0 Å². The first-order chi connectivity index (χ1) is 14.9. The number of aryl methyl sites for hydroxylation is 1. The van der Waals surface area contributed by atoms with Crippen LogP contribution in [0.5, 0.6) is 0 Å². The molecule has 4 rings (SSSR count). The Morgan fingerprint density at radius 1 is 1.23 bits per heavy atom. The summed E-state index contributed by atoms with van der Waals surface area (Å²) in [5.74, 6) is -0.415. The summed E-state index contributed by atoms with van der Waals surface area (Å²) in [7, 11) is 0. The van der Waals surface area contributed by atoms with Crippen LogP contribution in [0.1, 0.15) is 24.0 Å². The Kier molecular flexibility index (Phi) is 5.79. The van der Waals surface area contributed by atoms with Gasteiger partial charge >= 0.3 is 0 Å². The number of anilines is 1. The van der Waals surface area contributed by atoms with E-state index >= 15 is 0 Å². The van der Waals surface area contributed by atoms with Gasteiger partial charge in [0.1, 0.15) is 5.82 Å². The highest BCUT2D eigenvalue weighted by Crippen LogP contribution is 2.34. The number of piperidine rings is 1. The first kappa shape index (κ1) is 20.7. The van der Waals surface area contributed by atoms with E-state index in [2.05, 4.69) is 15.2 Å². The quantitative estimate of drug-likeness (QED) is 0.494. The lowest BCUT2D eigenvalue weighted by atomic mass is 9.94. The number of pyridine rings is 1. The normalized spacial score (nSPS) is 14.6. The molecule has 0 aliphatic carbocycles. The molecule has 7 nitrogen and oxygen atoms in total. The minimum Gasteiger partial charge on any atom is -0.371 e. The molecule has 0 saturated carbocycles. The number of nitro groups is 1. The molecule has 0 unspecified atom stereocenters. The lowest BCUT2D eigenvalue weighted by Gasteiger charge is -2.33. The van der Waals surface area contributed by atoms with Gasteiger partial charge in [0.2, 0.25) is 5.91 Å². The fourth-order valence-electron chi connectivity index (χ4n) is 4.06. The molecular weight excluding hydrogens is 399 g/mol. The van der Waals surface area contributed by atoms with Gasteiger partial charge in [0.25, 0.3) is 5.69 Å². The molecular formula is C23H23FN4O3. The molecule has 0 bridgehead atoms. The molecule has 1 aliphatic rings. The second-order valence-corrected chi connectivity index (χ2v) is 7.84. The third kappa shape index (κ3) is 4.33. The van der Waals surface area contributed by atoms with Gasteiger partial charge in [-0.1, -0.05) is 12.1 Å². The number of nitrogens with zero attached hydrogens (tertiary/aromatic N) is 3. The third-order valence-corrected chi connectivity index (χ3v) is 5.88. The first-order valence-corrected chi connectivity index (χ1v) is 10.2. The number of carbonyl (C=O) groups excluding carboxylic acids is 1. The Balaban J connectivity index is 1.40. The predicted molar refractivity (Wildman–Crippen MR) is 116 cm³/mol. The summed E-state index contributed by atoms with van der Waals surface area (Å²) in [4.78, 5) is 29.7. The van der Waals surface area contributed by atoms with E-state index < -0.39 is 4.92 Å². The minimum absolute atomic E-state index is 0.0293. The summed E-state index contributed by atoms with van der Waals surface area (Å²) in [6.07, 6.45) is 4.50. The fraction of sp³-hybridized carbons (Fsp3) is 0.304. The van der Waals surface area contributed by atoms with E-state index in [1.54, 1.807) is 31.3 Å².